The molecule has 4 nitrogen and oxygen atoms in total. The number of aromatic carboxylic acids is 1. The maximum absolute atomic E-state index is 12.5. The zero-order chi connectivity index (χ0) is 11.6. The number of pyridine rings is 1. The molecular formula is C9H6F2N2O2. The lowest BCUT2D eigenvalue weighted by Gasteiger charge is -2.07. The molecule has 1 N–H and O–H groups in total. The number of rotatable bonds is 2. The summed E-state index contributed by atoms with van der Waals surface area (Å²) in [4.78, 5) is 14.2. The van der Waals surface area contributed by atoms with Gasteiger partial charge in [0.05, 0.1) is 11.1 Å². The molecule has 1 heterocycles. The molecule has 1 aromatic heterocycles. The number of halogens is 2. The predicted octanol–water partition coefficient (Wildman–Crippen LogP) is 1.90. The summed E-state index contributed by atoms with van der Waals surface area (Å²) in [6.45, 7) is 1.43. The van der Waals surface area contributed by atoms with Crippen molar-refractivity contribution in [3.8, 4) is 6.07 Å². The third-order valence-electron chi connectivity index (χ3n) is 1.74. The second kappa shape index (κ2) is 4.00. The summed E-state index contributed by atoms with van der Waals surface area (Å²) in [6, 6.07) is 2.48. The minimum absolute atomic E-state index is 0.216. The molecule has 0 aliphatic carbocycles. The van der Waals surface area contributed by atoms with Crippen LogP contribution in [0.2, 0.25) is 0 Å². The molecule has 0 saturated heterocycles. The van der Waals surface area contributed by atoms with Crippen LogP contribution >= 0.6 is 0 Å². The molecule has 0 aromatic carbocycles. The van der Waals surface area contributed by atoms with Crippen LogP contribution in [0, 0.1) is 18.3 Å². The molecule has 0 amide bonds. The van der Waals surface area contributed by atoms with E-state index in [0.717, 1.165) is 6.07 Å². The van der Waals surface area contributed by atoms with E-state index in [9.17, 15) is 13.6 Å². The Hall–Kier alpha value is -2.03. The molecular weight excluding hydrogens is 206 g/mol. The minimum atomic E-state index is -3.03. The molecule has 0 unspecified atom stereocenters. The number of carboxylic acid groups (broad SMARTS) is 1. The highest BCUT2D eigenvalue weighted by molar-refractivity contribution is 5.90. The van der Waals surface area contributed by atoms with E-state index < -0.39 is 29.2 Å². The molecule has 0 spiro atoms. The van der Waals surface area contributed by atoms with Crippen LogP contribution < -0.4 is 0 Å². The summed E-state index contributed by atoms with van der Waals surface area (Å²) in [7, 11) is 0. The summed E-state index contributed by atoms with van der Waals surface area (Å²) in [5.41, 5.74) is -1.72. The van der Waals surface area contributed by atoms with Crippen molar-refractivity contribution in [1.29, 1.82) is 5.26 Å². The van der Waals surface area contributed by atoms with Gasteiger partial charge in [-0.15, -0.1) is 0 Å². The standard InChI is InChI=1S/C9H6F2N2O2/c1-4-2-5(9(14)15)7(8(10)11)6(3-12)13-4/h2,8H,1H3,(H,14,15). The maximum atomic E-state index is 12.5. The molecule has 15 heavy (non-hydrogen) atoms. The van der Waals surface area contributed by atoms with E-state index in [1.165, 1.54) is 13.0 Å². The summed E-state index contributed by atoms with van der Waals surface area (Å²) in [5, 5.41) is 17.2. The number of aromatic nitrogens is 1. The third-order valence-corrected chi connectivity index (χ3v) is 1.74. The topological polar surface area (TPSA) is 74.0 Å². The number of carbonyl (C=O) groups is 1. The molecule has 0 aliphatic rings. The molecule has 1 rings (SSSR count). The summed E-state index contributed by atoms with van der Waals surface area (Å²) in [6.07, 6.45) is -3.03. The lowest BCUT2D eigenvalue weighted by Crippen LogP contribution is -2.08. The van der Waals surface area contributed by atoms with Crippen LogP contribution in [0.15, 0.2) is 6.07 Å². The SMILES string of the molecule is Cc1cc(C(=O)O)c(C(F)F)c(C#N)n1. The van der Waals surface area contributed by atoms with Gasteiger partial charge >= 0.3 is 5.97 Å². The Labute approximate surface area is 83.8 Å². The lowest BCUT2D eigenvalue weighted by atomic mass is 10.1. The highest BCUT2D eigenvalue weighted by Gasteiger charge is 2.23. The molecule has 0 atom stereocenters. The van der Waals surface area contributed by atoms with Crippen molar-refractivity contribution < 1.29 is 18.7 Å². The van der Waals surface area contributed by atoms with Crippen molar-refractivity contribution in [1.82, 2.24) is 4.98 Å². The Morgan fingerprint density at radius 3 is 2.67 bits per heavy atom. The molecule has 0 bridgehead atoms. The van der Waals surface area contributed by atoms with Crippen molar-refractivity contribution >= 4 is 5.97 Å². The average Bonchev–Trinajstić information content (AvgIpc) is 2.15. The van der Waals surface area contributed by atoms with Crippen LogP contribution in [0.5, 0.6) is 0 Å². The minimum Gasteiger partial charge on any atom is -0.478 e. The van der Waals surface area contributed by atoms with Crippen LogP contribution in [0.25, 0.3) is 0 Å². The average molecular weight is 212 g/mol. The maximum Gasteiger partial charge on any atom is 0.336 e. The molecule has 0 fully saturated rings. The fourth-order valence-corrected chi connectivity index (χ4v) is 1.17. The van der Waals surface area contributed by atoms with E-state index in [-0.39, 0.29) is 5.69 Å². The smallest absolute Gasteiger partial charge is 0.336 e. The number of alkyl halides is 2. The van der Waals surface area contributed by atoms with Gasteiger partial charge in [-0.3, -0.25) is 0 Å². The van der Waals surface area contributed by atoms with Gasteiger partial charge in [0.2, 0.25) is 0 Å². The van der Waals surface area contributed by atoms with E-state index in [1.54, 1.807) is 0 Å². The second-order valence-corrected chi connectivity index (χ2v) is 2.79. The zero-order valence-electron chi connectivity index (χ0n) is 7.66. The van der Waals surface area contributed by atoms with Gasteiger partial charge in [-0.1, -0.05) is 0 Å². The van der Waals surface area contributed by atoms with Gasteiger partial charge in [0.1, 0.15) is 6.07 Å². The van der Waals surface area contributed by atoms with Crippen molar-refractivity contribution in [2.75, 3.05) is 0 Å². The first-order chi connectivity index (χ1) is 6.97. The predicted molar refractivity (Wildman–Crippen MR) is 45.6 cm³/mol. The highest BCUT2D eigenvalue weighted by Crippen LogP contribution is 2.26. The quantitative estimate of drug-likeness (QED) is 0.812. The Balaban J connectivity index is 3.56. The van der Waals surface area contributed by atoms with Crippen molar-refractivity contribution in [2.45, 2.75) is 13.3 Å². The summed E-state index contributed by atoms with van der Waals surface area (Å²) >= 11 is 0. The molecule has 0 aliphatic heterocycles. The Morgan fingerprint density at radius 2 is 2.27 bits per heavy atom. The van der Waals surface area contributed by atoms with Gasteiger partial charge in [-0.2, -0.15) is 5.26 Å². The Morgan fingerprint density at radius 1 is 1.67 bits per heavy atom. The van der Waals surface area contributed by atoms with Crippen LogP contribution in [0.4, 0.5) is 8.78 Å². The van der Waals surface area contributed by atoms with Crippen LogP contribution in [-0.4, -0.2) is 16.1 Å². The fraction of sp³-hybridized carbons (Fsp3) is 0.222. The molecule has 78 valence electrons. The van der Waals surface area contributed by atoms with Crippen LogP contribution in [0.3, 0.4) is 0 Å². The van der Waals surface area contributed by atoms with E-state index in [4.69, 9.17) is 10.4 Å². The largest absolute Gasteiger partial charge is 0.478 e. The number of hydrogen-bond donors (Lipinski definition) is 1. The lowest BCUT2D eigenvalue weighted by molar-refractivity contribution is 0.0684. The van der Waals surface area contributed by atoms with Gasteiger partial charge in [0.25, 0.3) is 6.43 Å². The first kappa shape index (κ1) is 11.0. The van der Waals surface area contributed by atoms with E-state index in [0.29, 0.717) is 0 Å². The van der Waals surface area contributed by atoms with Crippen molar-refractivity contribution in [2.24, 2.45) is 0 Å². The van der Waals surface area contributed by atoms with Crippen LogP contribution in [-0.2, 0) is 0 Å². The first-order valence-electron chi connectivity index (χ1n) is 3.90. The van der Waals surface area contributed by atoms with E-state index >= 15 is 0 Å². The van der Waals surface area contributed by atoms with Crippen LogP contribution in [0.1, 0.15) is 33.7 Å². The number of carboxylic acids is 1. The summed E-state index contributed by atoms with van der Waals surface area (Å²) < 4.78 is 25.0. The monoisotopic (exact) mass is 212 g/mol. The number of hydrogen-bond acceptors (Lipinski definition) is 3. The Kier molecular flexibility index (Phi) is 2.95. The van der Waals surface area contributed by atoms with Crippen molar-refractivity contribution in [3.63, 3.8) is 0 Å². The van der Waals surface area contributed by atoms with E-state index in [1.807, 2.05) is 0 Å². The van der Waals surface area contributed by atoms with E-state index in [2.05, 4.69) is 4.98 Å². The normalized spacial score (nSPS) is 10.1. The number of nitriles is 1. The second-order valence-electron chi connectivity index (χ2n) is 2.79. The third kappa shape index (κ3) is 2.07. The zero-order valence-corrected chi connectivity index (χ0v) is 7.66. The van der Waals surface area contributed by atoms with Crippen molar-refractivity contribution in [3.05, 3.63) is 28.6 Å². The molecule has 1 aromatic rings. The Bertz CT molecular complexity index is 452. The van der Waals surface area contributed by atoms with Gasteiger partial charge in [0.15, 0.2) is 5.69 Å². The fourth-order valence-electron chi connectivity index (χ4n) is 1.17. The number of aryl methyl sites for hydroxylation is 1. The number of nitrogens with zero attached hydrogens (tertiary/aromatic N) is 2. The first-order valence-corrected chi connectivity index (χ1v) is 3.90. The molecule has 0 radical (unpaired) electrons. The molecule has 6 heteroatoms. The van der Waals surface area contributed by atoms with Gasteiger partial charge in [-0.05, 0) is 13.0 Å². The molecule has 0 saturated carbocycles. The van der Waals surface area contributed by atoms with Gasteiger partial charge < -0.3 is 5.11 Å². The highest BCUT2D eigenvalue weighted by atomic mass is 19.3. The van der Waals surface area contributed by atoms with Gasteiger partial charge in [0, 0.05) is 5.69 Å². The van der Waals surface area contributed by atoms with Gasteiger partial charge in [-0.25, -0.2) is 18.6 Å². The summed E-state index contributed by atoms with van der Waals surface area (Å²) in [5.74, 6) is -1.49.